The molecule has 0 spiro atoms. The van der Waals surface area contributed by atoms with E-state index in [2.05, 4.69) is 5.32 Å². The Kier molecular flexibility index (Phi) is 5.03. The van der Waals surface area contributed by atoms with Crippen molar-refractivity contribution in [3.8, 4) is 0 Å². The number of amides is 2. The summed E-state index contributed by atoms with van der Waals surface area (Å²) in [5.74, 6) is 0.00871. The average Bonchev–Trinajstić information content (AvgIpc) is 2.86. The van der Waals surface area contributed by atoms with Crippen molar-refractivity contribution in [2.75, 3.05) is 6.54 Å². The molecule has 0 aromatic heterocycles. The number of hydrogen-bond acceptors (Lipinski definition) is 3. The SMILES string of the molecule is CC1c2ccccc2C(=O)N1C[C@@H](C)NC(=O)OCc1ccccc1. The fraction of sp³-hybridized carbons (Fsp3) is 0.300. The van der Waals surface area contributed by atoms with E-state index in [1.54, 1.807) is 4.90 Å². The van der Waals surface area contributed by atoms with Crippen molar-refractivity contribution < 1.29 is 14.3 Å². The summed E-state index contributed by atoms with van der Waals surface area (Å²) < 4.78 is 5.23. The predicted molar refractivity (Wildman–Crippen MR) is 95.1 cm³/mol. The zero-order valence-corrected chi connectivity index (χ0v) is 14.4. The van der Waals surface area contributed by atoms with Crippen molar-refractivity contribution in [2.24, 2.45) is 0 Å². The molecule has 130 valence electrons. The lowest BCUT2D eigenvalue weighted by Gasteiger charge is -2.26. The van der Waals surface area contributed by atoms with Crippen molar-refractivity contribution in [3.63, 3.8) is 0 Å². The topological polar surface area (TPSA) is 58.6 Å². The minimum absolute atomic E-state index is 0.00768. The summed E-state index contributed by atoms with van der Waals surface area (Å²) in [6.45, 7) is 4.54. The standard InChI is InChI=1S/C20H22N2O3/c1-14(21-20(24)25-13-16-8-4-3-5-9-16)12-22-15(2)17-10-6-7-11-18(17)19(22)23/h3-11,14-15H,12-13H2,1-2H3,(H,21,24)/t14-,15?/m1/s1. The molecule has 0 bridgehead atoms. The fourth-order valence-electron chi connectivity index (χ4n) is 3.10. The van der Waals surface area contributed by atoms with Crippen molar-refractivity contribution in [2.45, 2.75) is 32.5 Å². The van der Waals surface area contributed by atoms with E-state index in [0.717, 1.165) is 16.7 Å². The molecule has 0 saturated heterocycles. The van der Waals surface area contributed by atoms with E-state index in [-0.39, 0.29) is 24.6 Å². The molecular weight excluding hydrogens is 316 g/mol. The molecular formula is C20H22N2O3. The van der Waals surface area contributed by atoms with Gasteiger partial charge < -0.3 is 15.0 Å². The Bertz CT molecular complexity index is 761. The average molecular weight is 338 g/mol. The third kappa shape index (κ3) is 3.82. The van der Waals surface area contributed by atoms with Crippen LogP contribution in [-0.2, 0) is 11.3 Å². The van der Waals surface area contributed by atoms with Crippen LogP contribution in [0, 0.1) is 0 Å². The third-order valence-electron chi connectivity index (χ3n) is 4.42. The van der Waals surface area contributed by atoms with Gasteiger partial charge in [-0.3, -0.25) is 4.79 Å². The van der Waals surface area contributed by atoms with Crippen molar-refractivity contribution in [1.82, 2.24) is 10.2 Å². The van der Waals surface area contributed by atoms with Crippen LogP contribution < -0.4 is 5.32 Å². The number of carbonyl (C=O) groups is 2. The van der Waals surface area contributed by atoms with E-state index in [4.69, 9.17) is 4.74 Å². The number of fused-ring (bicyclic) bond motifs is 1. The first-order valence-electron chi connectivity index (χ1n) is 8.43. The van der Waals surface area contributed by atoms with Gasteiger partial charge in [0.1, 0.15) is 6.61 Å². The Hall–Kier alpha value is -2.82. The van der Waals surface area contributed by atoms with E-state index in [9.17, 15) is 9.59 Å². The van der Waals surface area contributed by atoms with Crippen LogP contribution in [0.2, 0.25) is 0 Å². The highest BCUT2D eigenvalue weighted by atomic mass is 16.5. The van der Waals surface area contributed by atoms with Crippen LogP contribution in [0.3, 0.4) is 0 Å². The lowest BCUT2D eigenvalue weighted by atomic mass is 10.1. The van der Waals surface area contributed by atoms with Crippen LogP contribution in [-0.4, -0.2) is 29.5 Å². The highest BCUT2D eigenvalue weighted by molar-refractivity contribution is 5.99. The van der Waals surface area contributed by atoms with Gasteiger partial charge in [0.25, 0.3) is 5.91 Å². The molecule has 1 aliphatic heterocycles. The smallest absolute Gasteiger partial charge is 0.407 e. The number of rotatable bonds is 5. The molecule has 2 aromatic rings. The Balaban J connectivity index is 1.52. The van der Waals surface area contributed by atoms with Crippen LogP contribution in [0.1, 0.15) is 41.4 Å². The van der Waals surface area contributed by atoms with Gasteiger partial charge in [-0.15, -0.1) is 0 Å². The quantitative estimate of drug-likeness (QED) is 0.907. The molecule has 0 aliphatic carbocycles. The summed E-state index contributed by atoms with van der Waals surface area (Å²) in [4.78, 5) is 26.3. The first kappa shape index (κ1) is 17.0. The minimum atomic E-state index is -0.479. The molecule has 5 nitrogen and oxygen atoms in total. The van der Waals surface area contributed by atoms with Gasteiger partial charge in [-0.05, 0) is 31.0 Å². The molecule has 2 amide bonds. The van der Waals surface area contributed by atoms with Gasteiger partial charge in [0.05, 0.1) is 6.04 Å². The Morgan fingerprint density at radius 3 is 2.56 bits per heavy atom. The van der Waals surface area contributed by atoms with E-state index >= 15 is 0 Å². The highest BCUT2D eigenvalue weighted by Gasteiger charge is 2.34. The first-order chi connectivity index (χ1) is 12.1. The monoisotopic (exact) mass is 338 g/mol. The lowest BCUT2D eigenvalue weighted by Crippen LogP contribution is -2.43. The van der Waals surface area contributed by atoms with Crippen LogP contribution in [0.25, 0.3) is 0 Å². The summed E-state index contributed by atoms with van der Waals surface area (Å²) in [6.07, 6.45) is -0.479. The molecule has 0 fully saturated rings. The number of nitrogens with zero attached hydrogens (tertiary/aromatic N) is 1. The molecule has 1 N–H and O–H groups in total. The molecule has 2 atom stereocenters. The maximum Gasteiger partial charge on any atom is 0.407 e. The van der Waals surface area contributed by atoms with Crippen molar-refractivity contribution >= 4 is 12.0 Å². The lowest BCUT2D eigenvalue weighted by molar-refractivity contribution is 0.0713. The number of alkyl carbamates (subject to hydrolysis) is 1. The summed E-state index contributed by atoms with van der Waals surface area (Å²) in [5.41, 5.74) is 2.71. The van der Waals surface area contributed by atoms with Crippen LogP contribution in [0.4, 0.5) is 4.79 Å². The fourth-order valence-corrected chi connectivity index (χ4v) is 3.10. The zero-order chi connectivity index (χ0) is 17.8. The molecule has 0 saturated carbocycles. The number of hydrogen-bond donors (Lipinski definition) is 1. The first-order valence-corrected chi connectivity index (χ1v) is 8.43. The second kappa shape index (κ2) is 7.38. The molecule has 1 heterocycles. The molecule has 1 aliphatic rings. The maximum atomic E-state index is 12.5. The zero-order valence-electron chi connectivity index (χ0n) is 14.4. The van der Waals surface area contributed by atoms with Crippen LogP contribution >= 0.6 is 0 Å². The Labute approximate surface area is 147 Å². The van der Waals surface area contributed by atoms with Crippen molar-refractivity contribution in [3.05, 3.63) is 71.3 Å². The van der Waals surface area contributed by atoms with Gasteiger partial charge in [0, 0.05) is 18.2 Å². The van der Waals surface area contributed by atoms with Crippen molar-refractivity contribution in [1.29, 1.82) is 0 Å². The van der Waals surface area contributed by atoms with Gasteiger partial charge in [-0.2, -0.15) is 0 Å². The number of nitrogens with one attached hydrogen (secondary N) is 1. The van der Waals surface area contributed by atoms with Gasteiger partial charge in [0.15, 0.2) is 0 Å². The van der Waals surface area contributed by atoms with Gasteiger partial charge in [0.2, 0.25) is 0 Å². The summed E-state index contributed by atoms with van der Waals surface area (Å²) >= 11 is 0. The molecule has 1 unspecified atom stereocenters. The second-order valence-corrected chi connectivity index (χ2v) is 6.33. The van der Waals surface area contributed by atoms with E-state index in [0.29, 0.717) is 6.54 Å². The highest BCUT2D eigenvalue weighted by Crippen LogP contribution is 2.32. The van der Waals surface area contributed by atoms with Crippen LogP contribution in [0.5, 0.6) is 0 Å². The number of carbonyl (C=O) groups excluding carboxylic acids is 2. The second-order valence-electron chi connectivity index (χ2n) is 6.33. The van der Waals surface area contributed by atoms with E-state index in [1.165, 1.54) is 0 Å². The number of benzene rings is 2. The summed E-state index contributed by atoms with van der Waals surface area (Å²) in [5, 5.41) is 2.79. The normalized spacial score (nSPS) is 17.1. The number of ether oxygens (including phenoxy) is 1. The largest absolute Gasteiger partial charge is 0.445 e. The van der Waals surface area contributed by atoms with Gasteiger partial charge >= 0.3 is 6.09 Å². The molecule has 25 heavy (non-hydrogen) atoms. The third-order valence-corrected chi connectivity index (χ3v) is 4.42. The van der Waals surface area contributed by atoms with E-state index < -0.39 is 6.09 Å². The Morgan fingerprint density at radius 1 is 1.16 bits per heavy atom. The molecule has 3 rings (SSSR count). The summed E-state index contributed by atoms with van der Waals surface area (Å²) in [6, 6.07) is 17.0. The minimum Gasteiger partial charge on any atom is -0.445 e. The van der Waals surface area contributed by atoms with Gasteiger partial charge in [-0.1, -0.05) is 48.5 Å². The molecule has 0 radical (unpaired) electrons. The van der Waals surface area contributed by atoms with Gasteiger partial charge in [-0.25, -0.2) is 4.79 Å². The Morgan fingerprint density at radius 2 is 1.84 bits per heavy atom. The van der Waals surface area contributed by atoms with E-state index in [1.807, 2.05) is 68.4 Å². The molecule has 2 aromatic carbocycles. The maximum absolute atomic E-state index is 12.5. The molecule has 5 heteroatoms. The predicted octanol–water partition coefficient (Wildman–Crippen LogP) is 3.52. The summed E-state index contributed by atoms with van der Waals surface area (Å²) in [7, 11) is 0. The van der Waals surface area contributed by atoms with Crippen LogP contribution in [0.15, 0.2) is 54.6 Å².